The molecule has 20 heavy (non-hydrogen) atoms. The first-order valence-corrected chi connectivity index (χ1v) is 8.09. The van der Waals surface area contributed by atoms with Crippen molar-refractivity contribution in [2.24, 2.45) is 0 Å². The topological polar surface area (TPSA) is 24.5 Å². The van der Waals surface area contributed by atoms with E-state index in [1.807, 2.05) is 24.9 Å². The third-order valence-corrected chi connectivity index (χ3v) is 5.00. The first-order valence-electron chi connectivity index (χ1n) is 6.93. The third kappa shape index (κ3) is 3.65. The van der Waals surface area contributed by atoms with Crippen LogP contribution in [0, 0.1) is 5.82 Å². The Morgan fingerprint density at radius 3 is 2.95 bits per heavy atom. The Bertz CT molecular complexity index is 444. The molecule has 0 radical (unpaired) electrons. The first kappa shape index (κ1) is 15.6. The Labute approximate surface area is 124 Å². The van der Waals surface area contributed by atoms with Crippen LogP contribution in [0.5, 0.6) is 5.75 Å². The number of benzene rings is 1. The summed E-state index contributed by atoms with van der Waals surface area (Å²) in [5.41, 5.74) is 1.01. The molecule has 1 heterocycles. The lowest BCUT2D eigenvalue weighted by atomic mass is 9.99. The minimum absolute atomic E-state index is 0.286. The van der Waals surface area contributed by atoms with Crippen molar-refractivity contribution >= 4 is 11.8 Å². The standard InChI is InChI=1S/C15H23FN2OS/c1-17-13(14-10-20-7-6-18(14)2)9-11-4-5-15(19-3)12(16)8-11/h4-5,8,13-14,17H,6-7,9-10H2,1-3H3. The molecule has 1 aliphatic rings. The normalized spacial score (nSPS) is 21.7. The zero-order valence-corrected chi connectivity index (χ0v) is 13.2. The molecular weight excluding hydrogens is 275 g/mol. The predicted octanol–water partition coefficient (Wildman–Crippen LogP) is 2.01. The van der Waals surface area contributed by atoms with Gasteiger partial charge >= 0.3 is 0 Å². The molecule has 0 aliphatic carbocycles. The van der Waals surface area contributed by atoms with Gasteiger partial charge in [-0.25, -0.2) is 4.39 Å². The van der Waals surface area contributed by atoms with Crippen LogP contribution in [0.4, 0.5) is 4.39 Å². The maximum Gasteiger partial charge on any atom is 0.165 e. The maximum absolute atomic E-state index is 13.8. The van der Waals surface area contributed by atoms with Crippen molar-refractivity contribution in [3.05, 3.63) is 29.6 Å². The minimum atomic E-state index is -0.286. The molecule has 112 valence electrons. The van der Waals surface area contributed by atoms with Crippen molar-refractivity contribution in [3.63, 3.8) is 0 Å². The highest BCUT2D eigenvalue weighted by Gasteiger charge is 2.27. The summed E-state index contributed by atoms with van der Waals surface area (Å²) in [7, 11) is 5.64. The van der Waals surface area contributed by atoms with Crippen molar-refractivity contribution in [2.45, 2.75) is 18.5 Å². The van der Waals surface area contributed by atoms with Gasteiger partial charge in [0, 0.05) is 30.1 Å². The number of nitrogens with zero attached hydrogens (tertiary/aromatic N) is 1. The molecule has 0 saturated carbocycles. The van der Waals surface area contributed by atoms with Crippen LogP contribution in [0.25, 0.3) is 0 Å². The summed E-state index contributed by atoms with van der Waals surface area (Å²) in [6.45, 7) is 1.12. The van der Waals surface area contributed by atoms with Crippen molar-refractivity contribution in [3.8, 4) is 5.75 Å². The summed E-state index contributed by atoms with van der Waals surface area (Å²) in [5, 5.41) is 3.39. The van der Waals surface area contributed by atoms with Gasteiger partial charge in [0.1, 0.15) is 0 Å². The van der Waals surface area contributed by atoms with Crippen molar-refractivity contribution in [1.82, 2.24) is 10.2 Å². The van der Waals surface area contributed by atoms with E-state index in [4.69, 9.17) is 4.74 Å². The molecule has 2 unspecified atom stereocenters. The van der Waals surface area contributed by atoms with E-state index >= 15 is 0 Å². The molecule has 3 nitrogen and oxygen atoms in total. The van der Waals surface area contributed by atoms with Crippen LogP contribution in [0.15, 0.2) is 18.2 Å². The number of rotatable bonds is 5. The zero-order chi connectivity index (χ0) is 14.5. The quantitative estimate of drug-likeness (QED) is 0.899. The third-order valence-electron chi connectivity index (χ3n) is 3.95. The van der Waals surface area contributed by atoms with Crippen LogP contribution in [-0.4, -0.2) is 56.2 Å². The Morgan fingerprint density at radius 2 is 2.35 bits per heavy atom. The number of hydrogen-bond donors (Lipinski definition) is 1. The molecular formula is C15H23FN2OS. The molecule has 2 atom stereocenters. The van der Waals surface area contributed by atoms with Gasteiger partial charge in [-0.05, 0) is 38.2 Å². The summed E-state index contributed by atoms with van der Waals surface area (Å²) in [6, 6.07) is 6.06. The SMILES string of the molecule is CNC(Cc1ccc(OC)c(F)c1)C1CSCCN1C. The van der Waals surface area contributed by atoms with Crippen LogP contribution >= 0.6 is 11.8 Å². The minimum Gasteiger partial charge on any atom is -0.494 e. The summed E-state index contributed by atoms with van der Waals surface area (Å²) >= 11 is 1.99. The van der Waals surface area contributed by atoms with Gasteiger partial charge < -0.3 is 15.0 Å². The van der Waals surface area contributed by atoms with Gasteiger partial charge in [0.2, 0.25) is 0 Å². The van der Waals surface area contributed by atoms with Gasteiger partial charge in [0.15, 0.2) is 11.6 Å². The van der Waals surface area contributed by atoms with Crippen LogP contribution in [0.2, 0.25) is 0 Å². The van der Waals surface area contributed by atoms with E-state index in [0.29, 0.717) is 17.8 Å². The number of methoxy groups -OCH3 is 1. The number of likely N-dealkylation sites (N-methyl/N-ethyl adjacent to an activating group) is 2. The Kier molecular flexibility index (Phi) is 5.69. The number of hydrogen-bond acceptors (Lipinski definition) is 4. The smallest absolute Gasteiger partial charge is 0.165 e. The van der Waals surface area contributed by atoms with Crippen LogP contribution in [-0.2, 0) is 6.42 Å². The summed E-state index contributed by atoms with van der Waals surface area (Å²) in [6.07, 6.45) is 0.826. The average molecular weight is 298 g/mol. The Balaban J connectivity index is 2.07. The second-order valence-corrected chi connectivity index (χ2v) is 6.34. The van der Waals surface area contributed by atoms with Crippen molar-refractivity contribution < 1.29 is 9.13 Å². The van der Waals surface area contributed by atoms with Gasteiger partial charge in [0.05, 0.1) is 7.11 Å². The lowest BCUT2D eigenvalue weighted by Gasteiger charge is -2.37. The summed E-state index contributed by atoms with van der Waals surface area (Å²) in [4.78, 5) is 2.40. The fourth-order valence-corrected chi connectivity index (χ4v) is 3.96. The highest BCUT2D eigenvalue weighted by molar-refractivity contribution is 7.99. The highest BCUT2D eigenvalue weighted by atomic mass is 32.2. The van der Waals surface area contributed by atoms with E-state index < -0.39 is 0 Å². The van der Waals surface area contributed by atoms with Crippen molar-refractivity contribution in [1.29, 1.82) is 0 Å². The molecule has 1 N–H and O–H groups in total. The molecule has 0 spiro atoms. The fourth-order valence-electron chi connectivity index (χ4n) is 2.65. The van der Waals surface area contributed by atoms with Gasteiger partial charge in [-0.1, -0.05) is 6.07 Å². The Morgan fingerprint density at radius 1 is 1.55 bits per heavy atom. The number of thioether (sulfide) groups is 1. The number of halogens is 1. The van der Waals surface area contributed by atoms with Gasteiger partial charge in [-0.3, -0.25) is 0 Å². The van der Waals surface area contributed by atoms with E-state index in [2.05, 4.69) is 17.3 Å². The number of ether oxygens (including phenoxy) is 1. The average Bonchev–Trinajstić information content (AvgIpc) is 2.46. The second kappa shape index (κ2) is 7.29. The van der Waals surface area contributed by atoms with E-state index in [0.717, 1.165) is 24.3 Å². The van der Waals surface area contributed by atoms with Gasteiger partial charge in [0.25, 0.3) is 0 Å². The van der Waals surface area contributed by atoms with Gasteiger partial charge in [-0.15, -0.1) is 0 Å². The lowest BCUT2D eigenvalue weighted by Crippen LogP contribution is -2.52. The first-order chi connectivity index (χ1) is 9.65. The second-order valence-electron chi connectivity index (χ2n) is 5.19. The summed E-state index contributed by atoms with van der Waals surface area (Å²) < 4.78 is 18.7. The van der Waals surface area contributed by atoms with E-state index in [1.54, 1.807) is 12.1 Å². The molecule has 1 aliphatic heterocycles. The fraction of sp³-hybridized carbons (Fsp3) is 0.600. The molecule has 5 heteroatoms. The molecule has 2 rings (SSSR count). The zero-order valence-electron chi connectivity index (χ0n) is 12.4. The van der Waals surface area contributed by atoms with Crippen LogP contribution in [0.3, 0.4) is 0 Å². The lowest BCUT2D eigenvalue weighted by molar-refractivity contribution is 0.219. The largest absolute Gasteiger partial charge is 0.494 e. The van der Waals surface area contributed by atoms with Crippen LogP contribution in [0.1, 0.15) is 5.56 Å². The Hall–Kier alpha value is -0.780. The van der Waals surface area contributed by atoms with E-state index in [9.17, 15) is 4.39 Å². The molecule has 1 fully saturated rings. The molecule has 1 saturated heterocycles. The summed E-state index contributed by atoms with van der Waals surface area (Å²) in [5.74, 6) is 2.34. The predicted molar refractivity (Wildman–Crippen MR) is 83.2 cm³/mol. The molecule has 1 aromatic carbocycles. The van der Waals surface area contributed by atoms with E-state index in [-0.39, 0.29) is 5.82 Å². The van der Waals surface area contributed by atoms with Crippen molar-refractivity contribution in [2.75, 3.05) is 39.3 Å². The molecule has 0 bridgehead atoms. The maximum atomic E-state index is 13.8. The molecule has 0 amide bonds. The molecule has 1 aromatic rings. The van der Waals surface area contributed by atoms with Gasteiger partial charge in [-0.2, -0.15) is 11.8 Å². The molecule has 0 aromatic heterocycles. The van der Waals surface area contributed by atoms with Crippen LogP contribution < -0.4 is 10.1 Å². The highest BCUT2D eigenvalue weighted by Crippen LogP contribution is 2.22. The monoisotopic (exact) mass is 298 g/mol. The van der Waals surface area contributed by atoms with E-state index in [1.165, 1.54) is 12.9 Å². The number of nitrogens with one attached hydrogen (secondary N) is 1.